The first kappa shape index (κ1) is 14.4. The third-order valence-corrected chi connectivity index (χ3v) is 5.12. The lowest BCUT2D eigenvalue weighted by atomic mass is 9.71. The minimum atomic E-state index is 0.154. The molecule has 2 aromatic rings. The molecule has 0 saturated carbocycles. The fourth-order valence-electron chi connectivity index (χ4n) is 2.72. The highest BCUT2D eigenvalue weighted by Crippen LogP contribution is 2.35. The average molecular weight is 371 g/mol. The Hall–Kier alpha value is -0.540. The summed E-state index contributed by atoms with van der Waals surface area (Å²) < 4.78 is 1.12. The summed E-state index contributed by atoms with van der Waals surface area (Å²) in [6.45, 7) is 1.98. The molecule has 0 bridgehead atoms. The minimum Gasteiger partial charge on any atom is -0.315 e. The standard InChI is InChI=1S/C16H14BrCl2N/c17-13-3-1-2-12(7-13)16(9-20-10-16)8-11-4-5-14(18)15(19)6-11/h1-7,20H,8-10H2. The van der Waals surface area contributed by atoms with Crippen LogP contribution in [0.2, 0.25) is 10.0 Å². The largest absolute Gasteiger partial charge is 0.315 e. The van der Waals surface area contributed by atoms with Crippen LogP contribution in [0.5, 0.6) is 0 Å². The number of nitrogens with one attached hydrogen (secondary N) is 1. The van der Waals surface area contributed by atoms with Crippen LogP contribution < -0.4 is 5.32 Å². The Balaban J connectivity index is 1.91. The lowest BCUT2D eigenvalue weighted by Gasteiger charge is -2.43. The maximum absolute atomic E-state index is 6.12. The molecule has 1 aliphatic heterocycles. The van der Waals surface area contributed by atoms with E-state index in [2.05, 4.69) is 51.6 Å². The highest BCUT2D eigenvalue weighted by Gasteiger charge is 2.38. The van der Waals surface area contributed by atoms with Gasteiger partial charge in [0, 0.05) is 23.0 Å². The molecular formula is C16H14BrCl2N. The van der Waals surface area contributed by atoms with Crippen molar-refractivity contribution in [2.75, 3.05) is 13.1 Å². The maximum atomic E-state index is 6.12. The molecule has 0 aliphatic carbocycles. The fourth-order valence-corrected chi connectivity index (χ4v) is 3.44. The van der Waals surface area contributed by atoms with E-state index >= 15 is 0 Å². The molecule has 3 rings (SSSR count). The monoisotopic (exact) mass is 369 g/mol. The van der Waals surface area contributed by atoms with Crippen LogP contribution in [0, 0.1) is 0 Å². The van der Waals surface area contributed by atoms with Crippen molar-refractivity contribution in [1.82, 2.24) is 5.32 Å². The molecule has 2 aromatic carbocycles. The van der Waals surface area contributed by atoms with Crippen LogP contribution in [0.1, 0.15) is 11.1 Å². The van der Waals surface area contributed by atoms with E-state index in [-0.39, 0.29) is 5.41 Å². The molecule has 20 heavy (non-hydrogen) atoms. The lowest BCUT2D eigenvalue weighted by molar-refractivity contribution is 0.274. The van der Waals surface area contributed by atoms with Crippen molar-refractivity contribution in [2.24, 2.45) is 0 Å². The van der Waals surface area contributed by atoms with Crippen LogP contribution in [-0.2, 0) is 11.8 Å². The minimum absolute atomic E-state index is 0.154. The van der Waals surface area contributed by atoms with E-state index in [4.69, 9.17) is 23.2 Å². The topological polar surface area (TPSA) is 12.0 Å². The van der Waals surface area contributed by atoms with Gasteiger partial charge in [-0.25, -0.2) is 0 Å². The van der Waals surface area contributed by atoms with Gasteiger partial charge in [0.15, 0.2) is 0 Å². The van der Waals surface area contributed by atoms with Gasteiger partial charge >= 0.3 is 0 Å². The Kier molecular flexibility index (Phi) is 4.09. The predicted molar refractivity (Wildman–Crippen MR) is 88.9 cm³/mol. The summed E-state index contributed by atoms with van der Waals surface area (Å²) in [6.07, 6.45) is 0.966. The van der Waals surface area contributed by atoms with Gasteiger partial charge in [-0.05, 0) is 41.8 Å². The summed E-state index contributed by atoms with van der Waals surface area (Å²) in [5.41, 5.74) is 2.73. The molecule has 1 fully saturated rings. The summed E-state index contributed by atoms with van der Waals surface area (Å²) in [5.74, 6) is 0. The van der Waals surface area contributed by atoms with Crippen molar-refractivity contribution in [1.29, 1.82) is 0 Å². The van der Waals surface area contributed by atoms with Crippen molar-refractivity contribution in [3.8, 4) is 0 Å². The van der Waals surface area contributed by atoms with E-state index in [1.165, 1.54) is 11.1 Å². The number of hydrogen-bond donors (Lipinski definition) is 1. The third-order valence-electron chi connectivity index (χ3n) is 3.89. The second-order valence-corrected chi connectivity index (χ2v) is 7.05. The highest BCUT2D eigenvalue weighted by molar-refractivity contribution is 9.10. The fraction of sp³-hybridized carbons (Fsp3) is 0.250. The average Bonchev–Trinajstić information content (AvgIpc) is 2.38. The van der Waals surface area contributed by atoms with Crippen LogP contribution in [0.4, 0.5) is 0 Å². The molecule has 1 aliphatic rings. The Morgan fingerprint density at radius 1 is 1.05 bits per heavy atom. The normalized spacial score (nSPS) is 16.8. The molecule has 0 spiro atoms. The quantitative estimate of drug-likeness (QED) is 0.815. The zero-order chi connectivity index (χ0) is 14.2. The summed E-state index contributed by atoms with van der Waals surface area (Å²) in [7, 11) is 0. The van der Waals surface area contributed by atoms with Gasteiger partial charge in [0.1, 0.15) is 0 Å². The van der Waals surface area contributed by atoms with Crippen LogP contribution in [0.15, 0.2) is 46.9 Å². The van der Waals surface area contributed by atoms with E-state index in [0.29, 0.717) is 10.0 Å². The Morgan fingerprint density at radius 2 is 1.85 bits per heavy atom. The summed E-state index contributed by atoms with van der Waals surface area (Å²) in [6, 6.07) is 14.5. The maximum Gasteiger partial charge on any atom is 0.0595 e. The van der Waals surface area contributed by atoms with Crippen molar-refractivity contribution in [2.45, 2.75) is 11.8 Å². The number of hydrogen-bond acceptors (Lipinski definition) is 1. The lowest BCUT2D eigenvalue weighted by Crippen LogP contribution is -2.58. The van der Waals surface area contributed by atoms with Gasteiger partial charge in [-0.1, -0.05) is 57.3 Å². The van der Waals surface area contributed by atoms with E-state index in [1.54, 1.807) is 0 Å². The molecular weight excluding hydrogens is 357 g/mol. The Labute approximate surface area is 137 Å². The zero-order valence-electron chi connectivity index (χ0n) is 10.8. The molecule has 1 N–H and O–H groups in total. The molecule has 0 aromatic heterocycles. The molecule has 1 heterocycles. The van der Waals surface area contributed by atoms with E-state index < -0.39 is 0 Å². The van der Waals surface area contributed by atoms with Crippen molar-refractivity contribution < 1.29 is 0 Å². The SMILES string of the molecule is Clc1ccc(CC2(c3cccc(Br)c3)CNC2)cc1Cl. The van der Waals surface area contributed by atoms with E-state index in [9.17, 15) is 0 Å². The third kappa shape index (κ3) is 2.75. The van der Waals surface area contributed by atoms with Gasteiger partial charge in [-0.15, -0.1) is 0 Å². The first-order valence-electron chi connectivity index (χ1n) is 6.50. The second kappa shape index (κ2) is 5.69. The number of rotatable bonds is 3. The van der Waals surface area contributed by atoms with Gasteiger partial charge in [0.05, 0.1) is 10.0 Å². The van der Waals surface area contributed by atoms with Crippen LogP contribution in [0.25, 0.3) is 0 Å². The molecule has 0 amide bonds. The highest BCUT2D eigenvalue weighted by atomic mass is 79.9. The Morgan fingerprint density at radius 3 is 2.45 bits per heavy atom. The molecule has 1 nitrogen and oxygen atoms in total. The molecule has 0 atom stereocenters. The van der Waals surface area contributed by atoms with E-state index in [0.717, 1.165) is 24.0 Å². The second-order valence-electron chi connectivity index (χ2n) is 5.32. The van der Waals surface area contributed by atoms with Crippen LogP contribution in [0.3, 0.4) is 0 Å². The van der Waals surface area contributed by atoms with Crippen LogP contribution in [-0.4, -0.2) is 13.1 Å². The van der Waals surface area contributed by atoms with E-state index in [1.807, 2.05) is 12.1 Å². The molecule has 0 radical (unpaired) electrons. The number of halogens is 3. The van der Waals surface area contributed by atoms with Gasteiger partial charge in [0.2, 0.25) is 0 Å². The Bertz CT molecular complexity index is 638. The van der Waals surface area contributed by atoms with Gasteiger partial charge in [-0.3, -0.25) is 0 Å². The summed E-state index contributed by atoms with van der Waals surface area (Å²) in [5, 5.41) is 4.63. The summed E-state index contributed by atoms with van der Waals surface area (Å²) >= 11 is 15.7. The first-order chi connectivity index (χ1) is 9.59. The van der Waals surface area contributed by atoms with Crippen LogP contribution >= 0.6 is 39.1 Å². The van der Waals surface area contributed by atoms with Gasteiger partial charge in [-0.2, -0.15) is 0 Å². The molecule has 4 heteroatoms. The van der Waals surface area contributed by atoms with Gasteiger partial charge in [0.25, 0.3) is 0 Å². The summed E-state index contributed by atoms with van der Waals surface area (Å²) in [4.78, 5) is 0. The molecule has 104 valence electrons. The zero-order valence-corrected chi connectivity index (χ0v) is 13.9. The van der Waals surface area contributed by atoms with Crippen molar-refractivity contribution >= 4 is 39.1 Å². The molecule has 0 unspecified atom stereocenters. The van der Waals surface area contributed by atoms with Crippen molar-refractivity contribution in [3.63, 3.8) is 0 Å². The molecule has 1 saturated heterocycles. The van der Waals surface area contributed by atoms with Gasteiger partial charge < -0.3 is 5.32 Å². The first-order valence-corrected chi connectivity index (χ1v) is 8.05. The predicted octanol–water partition coefficient (Wildman–Crippen LogP) is 4.84. The number of benzene rings is 2. The van der Waals surface area contributed by atoms with Crippen molar-refractivity contribution in [3.05, 3.63) is 68.1 Å². The smallest absolute Gasteiger partial charge is 0.0595 e.